The second kappa shape index (κ2) is 4.31. The highest BCUT2D eigenvalue weighted by molar-refractivity contribution is 5.51. The van der Waals surface area contributed by atoms with Crippen LogP contribution >= 0.6 is 0 Å². The zero-order valence-electron chi connectivity index (χ0n) is 9.08. The van der Waals surface area contributed by atoms with E-state index in [4.69, 9.17) is 5.73 Å². The molecule has 0 aliphatic heterocycles. The molecule has 0 saturated heterocycles. The molecule has 0 fully saturated rings. The molecule has 0 heterocycles. The van der Waals surface area contributed by atoms with E-state index in [-0.39, 0.29) is 16.8 Å². The molecule has 0 aromatic heterocycles. The molecular weight excluding hydrogens is 222 g/mol. The van der Waals surface area contributed by atoms with Gasteiger partial charge in [0.05, 0.1) is 12.1 Å². The first-order valence-corrected chi connectivity index (χ1v) is 4.89. The summed E-state index contributed by atoms with van der Waals surface area (Å²) in [4.78, 5) is 0. The third kappa shape index (κ3) is 2.65. The third-order valence-corrected chi connectivity index (χ3v) is 2.51. The molecule has 0 spiro atoms. The lowest BCUT2D eigenvalue weighted by molar-refractivity contribution is -0.127. The summed E-state index contributed by atoms with van der Waals surface area (Å²) in [6.45, 7) is 3.04. The highest BCUT2D eigenvalue weighted by Gasteiger charge is 2.30. The van der Waals surface area contributed by atoms with Gasteiger partial charge < -0.3 is 5.73 Å². The van der Waals surface area contributed by atoms with Gasteiger partial charge >= 0.3 is 6.18 Å². The van der Waals surface area contributed by atoms with Crippen LogP contribution in [0, 0.1) is 12.7 Å². The number of hydrogen-bond donors (Lipinski definition) is 1. The normalized spacial score (nSPS) is 11.9. The van der Waals surface area contributed by atoms with Crippen molar-refractivity contribution in [1.29, 1.82) is 0 Å². The SMILES string of the molecule is CCc1cc(N)c(F)c(C)c1CC(F)(F)F. The molecule has 0 amide bonds. The average molecular weight is 235 g/mol. The summed E-state index contributed by atoms with van der Waals surface area (Å²) in [6, 6.07) is 1.28. The number of alkyl halides is 3. The maximum absolute atomic E-state index is 13.4. The zero-order valence-corrected chi connectivity index (χ0v) is 9.08. The van der Waals surface area contributed by atoms with E-state index in [1.165, 1.54) is 13.0 Å². The lowest BCUT2D eigenvalue weighted by Crippen LogP contribution is -2.15. The summed E-state index contributed by atoms with van der Waals surface area (Å²) in [5.74, 6) is -0.753. The number of halogens is 4. The van der Waals surface area contributed by atoms with Crippen molar-refractivity contribution in [3.8, 4) is 0 Å². The molecule has 5 heteroatoms. The number of nitrogen functional groups attached to an aromatic ring is 1. The number of aryl methyl sites for hydroxylation is 1. The van der Waals surface area contributed by atoms with Crippen LogP contribution in [0.1, 0.15) is 23.6 Å². The quantitative estimate of drug-likeness (QED) is 0.617. The van der Waals surface area contributed by atoms with Gasteiger partial charge in [0.1, 0.15) is 5.82 Å². The predicted molar refractivity (Wildman–Crippen MR) is 54.7 cm³/mol. The highest BCUT2D eigenvalue weighted by Crippen LogP contribution is 2.29. The van der Waals surface area contributed by atoms with Crippen LogP contribution in [0.25, 0.3) is 0 Å². The van der Waals surface area contributed by atoms with Gasteiger partial charge in [0.2, 0.25) is 0 Å². The Bertz CT molecular complexity index is 396. The maximum atomic E-state index is 13.4. The minimum absolute atomic E-state index is 0.00157. The van der Waals surface area contributed by atoms with Crippen molar-refractivity contribution in [1.82, 2.24) is 0 Å². The van der Waals surface area contributed by atoms with Crippen molar-refractivity contribution in [2.45, 2.75) is 32.9 Å². The largest absolute Gasteiger partial charge is 0.396 e. The summed E-state index contributed by atoms with van der Waals surface area (Å²) in [7, 11) is 0. The summed E-state index contributed by atoms with van der Waals surface area (Å²) in [5.41, 5.74) is 5.73. The van der Waals surface area contributed by atoms with Gasteiger partial charge in [-0.05, 0) is 36.1 Å². The van der Waals surface area contributed by atoms with Crippen molar-refractivity contribution in [2.75, 3.05) is 5.73 Å². The third-order valence-electron chi connectivity index (χ3n) is 2.51. The maximum Gasteiger partial charge on any atom is 0.393 e. The van der Waals surface area contributed by atoms with E-state index in [1.54, 1.807) is 6.92 Å². The first kappa shape index (κ1) is 12.8. The van der Waals surface area contributed by atoms with Crippen molar-refractivity contribution < 1.29 is 17.6 Å². The molecule has 1 aromatic rings. The van der Waals surface area contributed by atoms with Crippen molar-refractivity contribution in [2.24, 2.45) is 0 Å². The molecule has 90 valence electrons. The molecule has 16 heavy (non-hydrogen) atoms. The van der Waals surface area contributed by atoms with Crippen molar-refractivity contribution in [3.05, 3.63) is 28.6 Å². The van der Waals surface area contributed by atoms with Crippen LogP contribution in [0.2, 0.25) is 0 Å². The number of nitrogens with two attached hydrogens (primary N) is 1. The number of benzene rings is 1. The second-order valence-electron chi connectivity index (χ2n) is 3.69. The Morgan fingerprint density at radius 3 is 2.31 bits per heavy atom. The molecule has 1 nitrogen and oxygen atoms in total. The molecule has 0 saturated carbocycles. The van der Waals surface area contributed by atoms with Crippen LogP contribution < -0.4 is 5.73 Å². The summed E-state index contributed by atoms with van der Waals surface area (Å²) < 4.78 is 50.3. The first-order chi connectivity index (χ1) is 7.26. The molecular formula is C11H13F4N. The molecule has 2 N–H and O–H groups in total. The molecule has 0 aliphatic rings. The fraction of sp³-hybridized carbons (Fsp3) is 0.455. The molecule has 0 unspecified atom stereocenters. The lowest BCUT2D eigenvalue weighted by atomic mass is 9.95. The standard InChI is InChI=1S/C11H13F4N/c1-3-7-4-9(16)10(12)6(2)8(7)5-11(13,14)15/h4H,3,5,16H2,1-2H3. The second-order valence-corrected chi connectivity index (χ2v) is 3.69. The van der Waals surface area contributed by atoms with Gasteiger partial charge in [-0.25, -0.2) is 4.39 Å². The minimum Gasteiger partial charge on any atom is -0.396 e. The van der Waals surface area contributed by atoms with Crippen LogP contribution in [0.3, 0.4) is 0 Å². The Morgan fingerprint density at radius 1 is 1.31 bits per heavy atom. The van der Waals surface area contributed by atoms with Crippen LogP contribution in [-0.2, 0) is 12.8 Å². The van der Waals surface area contributed by atoms with E-state index in [0.29, 0.717) is 12.0 Å². The fourth-order valence-electron chi connectivity index (χ4n) is 1.69. The van der Waals surface area contributed by atoms with E-state index in [0.717, 1.165) is 0 Å². The summed E-state index contributed by atoms with van der Waals surface area (Å²) in [5, 5.41) is 0. The predicted octanol–water partition coefficient (Wildman–Crippen LogP) is 3.38. The molecule has 1 rings (SSSR count). The van der Waals surface area contributed by atoms with E-state index < -0.39 is 18.4 Å². The Hall–Kier alpha value is -1.26. The van der Waals surface area contributed by atoms with Gasteiger partial charge in [-0.3, -0.25) is 0 Å². The lowest BCUT2D eigenvalue weighted by Gasteiger charge is -2.15. The summed E-state index contributed by atoms with van der Waals surface area (Å²) in [6.07, 6.45) is -5.05. The first-order valence-electron chi connectivity index (χ1n) is 4.89. The number of rotatable bonds is 2. The Morgan fingerprint density at radius 2 is 1.88 bits per heavy atom. The molecule has 0 aliphatic carbocycles. The Balaban J connectivity index is 3.30. The Kier molecular flexibility index (Phi) is 3.45. The van der Waals surface area contributed by atoms with Crippen molar-refractivity contribution >= 4 is 5.69 Å². The average Bonchev–Trinajstić information content (AvgIpc) is 2.17. The zero-order chi connectivity index (χ0) is 12.5. The van der Waals surface area contributed by atoms with Crippen molar-refractivity contribution in [3.63, 3.8) is 0 Å². The highest BCUT2D eigenvalue weighted by atomic mass is 19.4. The molecule has 0 bridgehead atoms. The van der Waals surface area contributed by atoms with Gasteiger partial charge in [0.15, 0.2) is 0 Å². The van der Waals surface area contributed by atoms with E-state index in [9.17, 15) is 17.6 Å². The van der Waals surface area contributed by atoms with Gasteiger partial charge in [-0.2, -0.15) is 13.2 Å². The fourth-order valence-corrected chi connectivity index (χ4v) is 1.69. The van der Waals surface area contributed by atoms with Gasteiger partial charge in [0, 0.05) is 0 Å². The molecule has 1 aromatic carbocycles. The molecule has 0 atom stereocenters. The van der Waals surface area contributed by atoms with Gasteiger partial charge in [-0.15, -0.1) is 0 Å². The monoisotopic (exact) mass is 235 g/mol. The van der Waals surface area contributed by atoms with E-state index in [1.807, 2.05) is 0 Å². The van der Waals surface area contributed by atoms with E-state index >= 15 is 0 Å². The van der Waals surface area contributed by atoms with Crippen LogP contribution in [0.5, 0.6) is 0 Å². The summed E-state index contributed by atoms with van der Waals surface area (Å²) >= 11 is 0. The van der Waals surface area contributed by atoms with Crippen LogP contribution in [-0.4, -0.2) is 6.18 Å². The number of anilines is 1. The molecule has 0 radical (unpaired) electrons. The minimum atomic E-state index is -4.34. The topological polar surface area (TPSA) is 26.0 Å². The van der Waals surface area contributed by atoms with Crippen LogP contribution in [0.4, 0.5) is 23.2 Å². The van der Waals surface area contributed by atoms with Crippen LogP contribution in [0.15, 0.2) is 6.07 Å². The van der Waals surface area contributed by atoms with Gasteiger partial charge in [0.25, 0.3) is 0 Å². The smallest absolute Gasteiger partial charge is 0.393 e. The van der Waals surface area contributed by atoms with E-state index in [2.05, 4.69) is 0 Å². The Labute approximate surface area is 91.3 Å². The number of hydrogen-bond acceptors (Lipinski definition) is 1. The van der Waals surface area contributed by atoms with Gasteiger partial charge in [-0.1, -0.05) is 6.92 Å².